The molecule has 2 heterocycles. The summed E-state index contributed by atoms with van der Waals surface area (Å²) in [5.74, 6) is 0.186. The van der Waals surface area contributed by atoms with Crippen LogP contribution in [0, 0.1) is 18.3 Å². The molecule has 1 fully saturated rings. The number of anilines is 1. The van der Waals surface area contributed by atoms with E-state index >= 15 is 0 Å². The average molecular weight is 540 g/mol. The number of aldehydes is 1. The Labute approximate surface area is 231 Å². The van der Waals surface area contributed by atoms with E-state index in [2.05, 4.69) is 0 Å². The van der Waals surface area contributed by atoms with Crippen LogP contribution in [0.15, 0.2) is 42.5 Å². The molecule has 1 aliphatic heterocycles. The molecule has 0 saturated carbocycles. The molecule has 2 amide bonds. The first-order valence-corrected chi connectivity index (χ1v) is 13.2. The molecule has 9 heteroatoms. The van der Waals surface area contributed by atoms with Crippen LogP contribution in [-0.2, 0) is 27.2 Å². The fourth-order valence-corrected chi connectivity index (χ4v) is 5.22. The molecule has 0 spiro atoms. The first-order valence-electron chi connectivity index (χ1n) is 13.2. The number of benzene rings is 1. The maximum atomic E-state index is 13.3. The van der Waals surface area contributed by atoms with Crippen molar-refractivity contribution in [2.75, 3.05) is 24.6 Å². The van der Waals surface area contributed by atoms with E-state index in [0.717, 1.165) is 11.1 Å². The average Bonchev–Trinajstić information content (AvgIpc) is 3.20. The summed E-state index contributed by atoms with van der Waals surface area (Å²) >= 11 is 0. The summed E-state index contributed by atoms with van der Waals surface area (Å²) in [7, 11) is 0. The molecule has 39 heavy (non-hydrogen) atoms. The Morgan fingerprint density at radius 1 is 1.15 bits per heavy atom. The molecule has 2 atom stereocenters. The van der Waals surface area contributed by atoms with Crippen molar-refractivity contribution in [1.29, 1.82) is 0 Å². The third kappa shape index (κ3) is 7.35. The first-order chi connectivity index (χ1) is 18.1. The number of amides is 2. The fourth-order valence-electron chi connectivity index (χ4n) is 5.22. The Bertz CT molecular complexity index is 1170. The van der Waals surface area contributed by atoms with Gasteiger partial charge in [-0.15, -0.1) is 0 Å². The molecule has 0 unspecified atom stereocenters. The lowest BCUT2D eigenvalue weighted by Crippen LogP contribution is -2.53. The van der Waals surface area contributed by atoms with Crippen LogP contribution in [0.4, 0.5) is 15.4 Å². The third-order valence-electron chi connectivity index (χ3n) is 7.01. The van der Waals surface area contributed by atoms with Gasteiger partial charge in [0.05, 0.1) is 18.7 Å². The molecular weight excluding hydrogens is 498 g/mol. The summed E-state index contributed by atoms with van der Waals surface area (Å²) in [6.07, 6.45) is -0.439. The summed E-state index contributed by atoms with van der Waals surface area (Å²) < 4.78 is 11.9. The minimum atomic E-state index is -1.03. The van der Waals surface area contributed by atoms with Crippen molar-refractivity contribution in [3.05, 3.63) is 59.3 Å². The normalized spacial score (nSPS) is 19.6. The molecule has 1 saturated heterocycles. The Balaban J connectivity index is 2.02. The van der Waals surface area contributed by atoms with Crippen LogP contribution in [-0.4, -0.2) is 64.4 Å². The number of likely N-dealkylation sites (tertiary alicyclic amines) is 1. The summed E-state index contributed by atoms with van der Waals surface area (Å²) in [5.41, 5.74) is 0.479. The van der Waals surface area contributed by atoms with Crippen molar-refractivity contribution in [3.8, 4) is 0 Å². The predicted octanol–water partition coefficient (Wildman–Crippen LogP) is 5.48. The number of nitrogens with zero attached hydrogens (tertiary/aromatic N) is 3. The van der Waals surface area contributed by atoms with E-state index < -0.39 is 28.8 Å². The highest BCUT2D eigenvalue weighted by atomic mass is 16.6. The lowest BCUT2D eigenvalue weighted by Gasteiger charge is -2.45. The highest BCUT2D eigenvalue weighted by Crippen LogP contribution is 2.46. The molecule has 1 aromatic heterocycles. The van der Waals surface area contributed by atoms with Crippen molar-refractivity contribution in [2.45, 2.75) is 72.6 Å². The van der Waals surface area contributed by atoms with Gasteiger partial charge in [0.2, 0.25) is 0 Å². The molecule has 1 aliphatic rings. The molecular formula is C30H41N3O6. The number of pyridine rings is 1. The smallest absolute Gasteiger partial charge is 0.416 e. The van der Waals surface area contributed by atoms with Gasteiger partial charge in [0.25, 0.3) is 0 Å². The van der Waals surface area contributed by atoms with Crippen LogP contribution in [0.5, 0.6) is 0 Å². The fraction of sp³-hybridized carbons (Fsp3) is 0.533. The van der Waals surface area contributed by atoms with E-state index in [9.17, 15) is 19.5 Å². The number of hydrogen-bond donors (Lipinski definition) is 1. The Hall–Kier alpha value is -3.46. The van der Waals surface area contributed by atoms with Crippen LogP contribution in [0.2, 0.25) is 0 Å². The number of ether oxygens (including phenoxy) is 2. The van der Waals surface area contributed by atoms with E-state index in [4.69, 9.17) is 14.5 Å². The van der Waals surface area contributed by atoms with Crippen LogP contribution < -0.4 is 4.90 Å². The number of carbonyl (C=O) groups excluding carboxylic acids is 2. The maximum Gasteiger partial charge on any atom is 0.416 e. The maximum absolute atomic E-state index is 13.3. The molecule has 9 nitrogen and oxygen atoms in total. The Morgan fingerprint density at radius 2 is 1.82 bits per heavy atom. The van der Waals surface area contributed by atoms with E-state index in [1.54, 1.807) is 0 Å². The van der Waals surface area contributed by atoms with Crippen molar-refractivity contribution in [2.24, 2.45) is 11.3 Å². The molecule has 1 N–H and O–H groups in total. The van der Waals surface area contributed by atoms with E-state index in [1.807, 2.05) is 90.9 Å². The highest BCUT2D eigenvalue weighted by Gasteiger charge is 2.56. The van der Waals surface area contributed by atoms with Crippen molar-refractivity contribution in [3.63, 3.8) is 0 Å². The summed E-state index contributed by atoms with van der Waals surface area (Å²) in [6.45, 7) is 13.9. The standard InChI is InChI=1S/C30H41N3O6/c1-21-15-24(17-23-19-32(26(35)36)20-30(23,28(2,3)4)38-14-13-34)31-25(16-21)33(27(37)39-29(5,6)7)18-22-11-9-8-10-12-22/h8-13,15-16,23H,14,17-20H2,1-7H3,(H,35,36)/t23-,30-/m0/s1. The van der Waals surface area contributed by atoms with Gasteiger partial charge < -0.3 is 24.3 Å². The number of rotatable bonds is 8. The second-order valence-electron chi connectivity index (χ2n) is 12.2. The highest BCUT2D eigenvalue weighted by molar-refractivity contribution is 5.86. The summed E-state index contributed by atoms with van der Waals surface area (Å²) in [5, 5.41) is 9.80. The van der Waals surface area contributed by atoms with Gasteiger partial charge in [0.1, 0.15) is 24.3 Å². The molecule has 3 rings (SSSR count). The number of hydrogen-bond acceptors (Lipinski definition) is 6. The van der Waals surface area contributed by atoms with Gasteiger partial charge in [0, 0.05) is 18.2 Å². The van der Waals surface area contributed by atoms with Crippen LogP contribution in [0.1, 0.15) is 58.4 Å². The summed E-state index contributed by atoms with van der Waals surface area (Å²) in [4.78, 5) is 44.3. The molecule has 0 bridgehead atoms. The second-order valence-corrected chi connectivity index (χ2v) is 12.2. The van der Waals surface area contributed by atoms with Crippen molar-refractivity contribution < 1.29 is 29.0 Å². The topological polar surface area (TPSA) is 109 Å². The number of aromatic nitrogens is 1. The van der Waals surface area contributed by atoms with Gasteiger partial charge >= 0.3 is 12.2 Å². The van der Waals surface area contributed by atoms with E-state index in [-0.39, 0.29) is 32.2 Å². The first kappa shape index (κ1) is 30.1. The van der Waals surface area contributed by atoms with Gasteiger partial charge in [-0.25, -0.2) is 14.6 Å². The van der Waals surface area contributed by atoms with Gasteiger partial charge in [-0.1, -0.05) is 51.1 Å². The quantitative estimate of drug-likeness (QED) is 0.442. The SMILES string of the molecule is Cc1cc(C[C@H]2CN(C(=O)O)C[C@@]2(OCC=O)C(C)(C)C)nc(N(Cc2ccccc2)C(=O)OC(C)(C)C)c1. The van der Waals surface area contributed by atoms with Crippen molar-refractivity contribution in [1.82, 2.24) is 9.88 Å². The summed E-state index contributed by atoms with van der Waals surface area (Å²) in [6, 6.07) is 13.4. The van der Waals surface area contributed by atoms with Gasteiger partial charge in [0.15, 0.2) is 0 Å². The lowest BCUT2D eigenvalue weighted by molar-refractivity contribution is -0.144. The monoisotopic (exact) mass is 539 g/mol. The molecule has 0 aliphatic carbocycles. The van der Waals surface area contributed by atoms with Crippen LogP contribution >= 0.6 is 0 Å². The zero-order valence-electron chi connectivity index (χ0n) is 24.1. The number of aryl methyl sites for hydroxylation is 1. The molecule has 2 aromatic rings. The zero-order valence-corrected chi connectivity index (χ0v) is 24.1. The second kappa shape index (κ2) is 11.7. The third-order valence-corrected chi connectivity index (χ3v) is 7.01. The van der Waals surface area contributed by atoms with Crippen LogP contribution in [0.25, 0.3) is 0 Å². The van der Waals surface area contributed by atoms with Gasteiger partial charge in [-0.05, 0) is 62.8 Å². The Kier molecular flexibility index (Phi) is 9.05. The van der Waals surface area contributed by atoms with Crippen LogP contribution in [0.3, 0.4) is 0 Å². The number of carboxylic acid groups (broad SMARTS) is 1. The minimum absolute atomic E-state index is 0.128. The molecule has 212 valence electrons. The number of carbonyl (C=O) groups is 3. The minimum Gasteiger partial charge on any atom is -0.465 e. The van der Waals surface area contributed by atoms with Gasteiger partial charge in [-0.3, -0.25) is 4.90 Å². The lowest BCUT2D eigenvalue weighted by atomic mass is 9.69. The largest absolute Gasteiger partial charge is 0.465 e. The van der Waals surface area contributed by atoms with E-state index in [1.165, 1.54) is 9.80 Å². The van der Waals surface area contributed by atoms with Crippen molar-refractivity contribution >= 4 is 24.3 Å². The zero-order chi connectivity index (χ0) is 29.0. The van der Waals surface area contributed by atoms with Gasteiger partial charge in [-0.2, -0.15) is 0 Å². The van der Waals surface area contributed by atoms with E-state index in [0.29, 0.717) is 24.2 Å². The Morgan fingerprint density at radius 3 is 2.38 bits per heavy atom. The molecule has 0 radical (unpaired) electrons. The molecule has 1 aromatic carbocycles. The predicted molar refractivity (Wildman–Crippen MR) is 149 cm³/mol.